The molecular formula is C19H22N4O. The van der Waals surface area contributed by atoms with E-state index in [0.717, 1.165) is 28.7 Å². The smallest absolute Gasteiger partial charge is 0.159 e. The van der Waals surface area contributed by atoms with Crippen LogP contribution in [0.4, 0.5) is 0 Å². The van der Waals surface area contributed by atoms with E-state index in [1.165, 1.54) is 0 Å². The fourth-order valence-corrected chi connectivity index (χ4v) is 2.34. The highest BCUT2D eigenvalue weighted by molar-refractivity contribution is 5.77. The maximum absolute atomic E-state index is 11.6. The van der Waals surface area contributed by atoms with Gasteiger partial charge in [0.1, 0.15) is 6.29 Å². The Morgan fingerprint density at radius 3 is 2.38 bits per heavy atom. The van der Waals surface area contributed by atoms with E-state index in [1.54, 1.807) is 12.4 Å². The van der Waals surface area contributed by atoms with Crippen LogP contribution in [0.15, 0.2) is 66.1 Å². The first kappa shape index (κ1) is 17.6. The summed E-state index contributed by atoms with van der Waals surface area (Å²) in [5.41, 5.74) is 9.57. The highest BCUT2D eigenvalue weighted by atomic mass is 16.1. The summed E-state index contributed by atoms with van der Waals surface area (Å²) in [6.45, 7) is 7.86. The normalized spacial score (nSPS) is 13.0. The molecule has 0 aliphatic rings. The molecule has 0 saturated heterocycles. The zero-order valence-corrected chi connectivity index (χ0v) is 14.0. The third kappa shape index (κ3) is 4.14. The van der Waals surface area contributed by atoms with Crippen molar-refractivity contribution in [3.05, 3.63) is 71.7 Å². The van der Waals surface area contributed by atoms with Crippen LogP contribution in [0, 0.1) is 0 Å². The quantitative estimate of drug-likeness (QED) is 0.605. The number of aldehydes is 1. The molecule has 0 radical (unpaired) electrons. The zero-order valence-electron chi connectivity index (χ0n) is 14.0. The van der Waals surface area contributed by atoms with Gasteiger partial charge in [0.25, 0.3) is 0 Å². The second kappa shape index (κ2) is 8.17. The summed E-state index contributed by atoms with van der Waals surface area (Å²) < 4.78 is 0. The Kier molecular flexibility index (Phi) is 5.98. The van der Waals surface area contributed by atoms with Gasteiger partial charge in [0, 0.05) is 41.3 Å². The number of rotatable bonds is 7. The summed E-state index contributed by atoms with van der Waals surface area (Å²) in [4.78, 5) is 20.4. The minimum absolute atomic E-state index is 0.311. The molecule has 0 saturated carbocycles. The fraction of sp³-hybridized carbons (Fsp3) is 0.211. The molecule has 1 atom stereocenters. The molecule has 1 heterocycles. The number of carbonyl (C=O) groups excluding carboxylic acids is 1. The van der Waals surface area contributed by atoms with Crippen LogP contribution in [-0.4, -0.2) is 22.8 Å². The maximum atomic E-state index is 11.6. The van der Waals surface area contributed by atoms with Crippen LogP contribution in [0.1, 0.15) is 25.5 Å². The van der Waals surface area contributed by atoms with Crippen LogP contribution >= 0.6 is 0 Å². The van der Waals surface area contributed by atoms with Crippen molar-refractivity contribution in [1.82, 2.24) is 15.3 Å². The van der Waals surface area contributed by atoms with E-state index in [-0.39, 0.29) is 6.04 Å². The Bertz CT molecular complexity index is 736. The van der Waals surface area contributed by atoms with Gasteiger partial charge in [0.2, 0.25) is 0 Å². The molecule has 1 aromatic heterocycles. The van der Waals surface area contributed by atoms with Crippen molar-refractivity contribution in [1.29, 1.82) is 0 Å². The topological polar surface area (TPSA) is 80.9 Å². The highest BCUT2D eigenvalue weighted by Crippen LogP contribution is 2.24. The van der Waals surface area contributed by atoms with Gasteiger partial charge in [-0.25, -0.2) is 9.97 Å². The lowest BCUT2D eigenvalue weighted by molar-refractivity contribution is -0.105. The second-order valence-corrected chi connectivity index (χ2v) is 5.62. The van der Waals surface area contributed by atoms with Gasteiger partial charge >= 0.3 is 0 Å². The van der Waals surface area contributed by atoms with Crippen LogP contribution in [0.2, 0.25) is 0 Å². The molecular weight excluding hydrogens is 300 g/mol. The first-order valence-corrected chi connectivity index (χ1v) is 7.71. The predicted molar refractivity (Wildman–Crippen MR) is 96.0 cm³/mol. The first-order valence-electron chi connectivity index (χ1n) is 7.71. The Hall–Kier alpha value is -2.79. The molecule has 2 aromatic rings. The molecule has 124 valence electrons. The largest absolute Gasteiger partial charge is 0.378 e. The van der Waals surface area contributed by atoms with Gasteiger partial charge < -0.3 is 11.1 Å². The van der Waals surface area contributed by atoms with Gasteiger partial charge in [0.05, 0.1) is 6.04 Å². The van der Waals surface area contributed by atoms with Crippen molar-refractivity contribution in [2.45, 2.75) is 19.9 Å². The SMILES string of the molecule is C=C(C)NC(/C(C=O)=C(\C)CN)c1cnc(-c2ccccc2)nc1. The summed E-state index contributed by atoms with van der Waals surface area (Å²) in [6.07, 6.45) is 4.28. The number of carbonyl (C=O) groups is 1. The Labute approximate surface area is 142 Å². The second-order valence-electron chi connectivity index (χ2n) is 5.62. The number of benzene rings is 1. The van der Waals surface area contributed by atoms with Gasteiger partial charge in [-0.3, -0.25) is 4.79 Å². The molecule has 0 aliphatic carbocycles. The van der Waals surface area contributed by atoms with Crippen molar-refractivity contribution in [3.63, 3.8) is 0 Å². The molecule has 1 unspecified atom stereocenters. The minimum atomic E-state index is -0.367. The predicted octanol–water partition coefficient (Wildman–Crippen LogP) is 2.78. The molecule has 24 heavy (non-hydrogen) atoms. The maximum Gasteiger partial charge on any atom is 0.159 e. The summed E-state index contributed by atoms with van der Waals surface area (Å²) in [6, 6.07) is 9.36. The van der Waals surface area contributed by atoms with E-state index in [9.17, 15) is 4.79 Å². The van der Waals surface area contributed by atoms with Gasteiger partial charge in [-0.2, -0.15) is 0 Å². The number of nitrogens with one attached hydrogen (secondary N) is 1. The lowest BCUT2D eigenvalue weighted by atomic mass is 9.97. The first-order chi connectivity index (χ1) is 11.6. The van der Waals surface area contributed by atoms with Crippen LogP contribution < -0.4 is 11.1 Å². The molecule has 3 N–H and O–H groups in total. The van der Waals surface area contributed by atoms with E-state index < -0.39 is 0 Å². The van der Waals surface area contributed by atoms with Crippen molar-refractivity contribution < 1.29 is 4.79 Å². The Morgan fingerprint density at radius 1 is 1.25 bits per heavy atom. The average Bonchev–Trinajstić information content (AvgIpc) is 2.62. The number of nitrogens with zero attached hydrogens (tertiary/aromatic N) is 2. The highest BCUT2D eigenvalue weighted by Gasteiger charge is 2.19. The number of aromatic nitrogens is 2. The monoisotopic (exact) mass is 322 g/mol. The van der Waals surface area contributed by atoms with Gasteiger partial charge in [-0.15, -0.1) is 0 Å². The number of allylic oxidation sites excluding steroid dienone is 1. The molecule has 0 bridgehead atoms. The van der Waals surface area contributed by atoms with E-state index in [2.05, 4.69) is 21.9 Å². The van der Waals surface area contributed by atoms with E-state index in [1.807, 2.05) is 44.2 Å². The van der Waals surface area contributed by atoms with Crippen LogP contribution in [0.25, 0.3) is 11.4 Å². The molecule has 0 spiro atoms. The number of hydrogen-bond acceptors (Lipinski definition) is 5. The summed E-state index contributed by atoms with van der Waals surface area (Å²) in [5, 5.41) is 3.20. The molecule has 0 fully saturated rings. The Morgan fingerprint density at radius 2 is 1.88 bits per heavy atom. The third-order valence-corrected chi connectivity index (χ3v) is 3.66. The van der Waals surface area contributed by atoms with Crippen LogP contribution in [-0.2, 0) is 4.79 Å². The summed E-state index contributed by atoms with van der Waals surface area (Å²) in [7, 11) is 0. The minimum Gasteiger partial charge on any atom is -0.378 e. The van der Waals surface area contributed by atoms with E-state index >= 15 is 0 Å². The molecule has 0 aliphatic heterocycles. The number of hydrogen-bond donors (Lipinski definition) is 2. The van der Waals surface area contributed by atoms with Gasteiger partial charge in [0.15, 0.2) is 5.82 Å². The van der Waals surface area contributed by atoms with Crippen molar-refractivity contribution in [2.75, 3.05) is 6.54 Å². The van der Waals surface area contributed by atoms with Gasteiger partial charge in [-0.05, 0) is 13.8 Å². The number of nitrogens with two attached hydrogens (primary N) is 1. The Balaban J connectivity index is 2.40. The summed E-state index contributed by atoms with van der Waals surface area (Å²) in [5.74, 6) is 0.639. The summed E-state index contributed by atoms with van der Waals surface area (Å²) >= 11 is 0. The standard InChI is InChI=1S/C19H22N4O/c1-13(2)23-18(17(12-24)14(3)9-20)16-10-21-19(22-11-16)15-7-5-4-6-8-15/h4-8,10-12,18,23H,1,9,20H2,2-3H3/b17-14+. The van der Waals surface area contributed by atoms with Crippen molar-refractivity contribution in [3.8, 4) is 11.4 Å². The molecule has 2 rings (SSSR count). The lowest BCUT2D eigenvalue weighted by Gasteiger charge is -2.22. The molecule has 0 amide bonds. The van der Waals surface area contributed by atoms with Crippen LogP contribution in [0.5, 0.6) is 0 Å². The zero-order chi connectivity index (χ0) is 17.5. The average molecular weight is 322 g/mol. The van der Waals surface area contributed by atoms with Crippen LogP contribution in [0.3, 0.4) is 0 Å². The van der Waals surface area contributed by atoms with Crippen molar-refractivity contribution in [2.24, 2.45) is 5.73 Å². The molecule has 5 nitrogen and oxygen atoms in total. The fourth-order valence-electron chi connectivity index (χ4n) is 2.34. The van der Waals surface area contributed by atoms with E-state index in [4.69, 9.17) is 5.73 Å². The van der Waals surface area contributed by atoms with Gasteiger partial charge in [-0.1, -0.05) is 42.5 Å². The third-order valence-electron chi connectivity index (χ3n) is 3.66. The van der Waals surface area contributed by atoms with E-state index in [0.29, 0.717) is 17.9 Å². The molecule has 5 heteroatoms. The lowest BCUT2D eigenvalue weighted by Crippen LogP contribution is -2.24. The molecule has 1 aromatic carbocycles. The van der Waals surface area contributed by atoms with Crippen molar-refractivity contribution >= 4 is 6.29 Å².